The van der Waals surface area contributed by atoms with Gasteiger partial charge in [-0.2, -0.15) is 0 Å². The molecule has 0 spiro atoms. The highest BCUT2D eigenvalue weighted by Gasteiger charge is 2.33. The highest BCUT2D eigenvalue weighted by Crippen LogP contribution is 2.25. The predicted octanol–water partition coefficient (Wildman–Crippen LogP) is 5.36. The SMILES string of the molecule is CCCCNC(=O)[C@H](CC)N(Cc1ccc(F)cc1)C(=O)CN(c1ccc(C)cc1)S(=O)(=O)c1ccc(C)cc1. The molecule has 0 bridgehead atoms. The molecule has 3 rings (SSSR count). The quantitative estimate of drug-likeness (QED) is 0.282. The van der Waals surface area contributed by atoms with E-state index in [0.717, 1.165) is 28.3 Å². The fourth-order valence-corrected chi connectivity index (χ4v) is 5.70. The first-order chi connectivity index (χ1) is 19.1. The van der Waals surface area contributed by atoms with Gasteiger partial charge in [0.05, 0.1) is 10.6 Å². The highest BCUT2D eigenvalue weighted by atomic mass is 32.2. The van der Waals surface area contributed by atoms with Crippen LogP contribution in [0.25, 0.3) is 0 Å². The minimum atomic E-state index is -4.13. The minimum Gasteiger partial charge on any atom is -0.354 e. The van der Waals surface area contributed by atoms with E-state index < -0.39 is 34.3 Å². The number of halogens is 1. The molecule has 0 fully saturated rings. The summed E-state index contributed by atoms with van der Waals surface area (Å²) in [6.07, 6.45) is 2.02. The van der Waals surface area contributed by atoms with Gasteiger partial charge in [-0.1, -0.05) is 67.8 Å². The van der Waals surface area contributed by atoms with Gasteiger partial charge in [-0.15, -0.1) is 0 Å². The minimum absolute atomic E-state index is 0.0190. The second-order valence-electron chi connectivity index (χ2n) is 9.88. The van der Waals surface area contributed by atoms with E-state index in [0.29, 0.717) is 24.2 Å². The average molecular weight is 568 g/mol. The molecule has 1 atom stereocenters. The first kappa shape index (κ1) is 30.8. The van der Waals surface area contributed by atoms with E-state index in [9.17, 15) is 22.4 Å². The van der Waals surface area contributed by atoms with Crippen LogP contribution in [0.5, 0.6) is 0 Å². The summed E-state index contributed by atoms with van der Waals surface area (Å²) in [5.41, 5.74) is 2.80. The van der Waals surface area contributed by atoms with Gasteiger partial charge in [0.2, 0.25) is 11.8 Å². The number of rotatable bonds is 13. The van der Waals surface area contributed by atoms with E-state index in [1.54, 1.807) is 55.5 Å². The fourth-order valence-electron chi connectivity index (χ4n) is 4.29. The van der Waals surface area contributed by atoms with Crippen LogP contribution in [0.3, 0.4) is 0 Å². The van der Waals surface area contributed by atoms with Crippen molar-refractivity contribution in [3.63, 3.8) is 0 Å². The molecule has 0 aromatic heterocycles. The first-order valence-electron chi connectivity index (χ1n) is 13.5. The lowest BCUT2D eigenvalue weighted by Gasteiger charge is -2.33. The molecule has 2 amide bonds. The number of hydrogen-bond donors (Lipinski definition) is 1. The number of nitrogens with one attached hydrogen (secondary N) is 1. The van der Waals surface area contributed by atoms with Crippen molar-refractivity contribution >= 4 is 27.5 Å². The van der Waals surface area contributed by atoms with Crippen LogP contribution >= 0.6 is 0 Å². The number of nitrogens with zero attached hydrogens (tertiary/aromatic N) is 2. The van der Waals surface area contributed by atoms with Crippen molar-refractivity contribution in [1.29, 1.82) is 0 Å². The largest absolute Gasteiger partial charge is 0.354 e. The monoisotopic (exact) mass is 567 g/mol. The predicted molar refractivity (Wildman–Crippen MR) is 156 cm³/mol. The van der Waals surface area contributed by atoms with E-state index in [-0.39, 0.29) is 17.3 Å². The lowest BCUT2D eigenvalue weighted by Crippen LogP contribution is -2.52. The fraction of sp³-hybridized carbons (Fsp3) is 0.355. The van der Waals surface area contributed by atoms with Gasteiger partial charge >= 0.3 is 0 Å². The molecule has 0 aliphatic carbocycles. The van der Waals surface area contributed by atoms with Crippen LogP contribution in [0.15, 0.2) is 77.7 Å². The molecular formula is C31H38FN3O4S. The molecule has 0 saturated carbocycles. The van der Waals surface area contributed by atoms with Crippen molar-refractivity contribution < 1.29 is 22.4 Å². The Hall–Kier alpha value is -3.72. The number of carbonyl (C=O) groups is 2. The van der Waals surface area contributed by atoms with E-state index in [1.165, 1.54) is 29.2 Å². The van der Waals surface area contributed by atoms with Crippen molar-refractivity contribution in [1.82, 2.24) is 10.2 Å². The molecule has 7 nitrogen and oxygen atoms in total. The highest BCUT2D eigenvalue weighted by molar-refractivity contribution is 7.92. The van der Waals surface area contributed by atoms with Crippen molar-refractivity contribution in [2.45, 2.75) is 64.4 Å². The van der Waals surface area contributed by atoms with Crippen LogP contribution in [0.2, 0.25) is 0 Å². The zero-order valence-corrected chi connectivity index (χ0v) is 24.4. The molecule has 3 aromatic rings. The molecule has 0 saturated heterocycles. The van der Waals surface area contributed by atoms with Crippen LogP contribution in [0.1, 0.15) is 49.8 Å². The maximum absolute atomic E-state index is 14.0. The number of unbranched alkanes of at least 4 members (excludes halogenated alkanes) is 1. The van der Waals surface area contributed by atoms with Crippen LogP contribution in [0.4, 0.5) is 10.1 Å². The Morgan fingerprint density at radius 2 is 1.45 bits per heavy atom. The lowest BCUT2D eigenvalue weighted by atomic mass is 10.1. The van der Waals surface area contributed by atoms with Crippen LogP contribution in [-0.2, 0) is 26.2 Å². The normalized spacial score (nSPS) is 12.0. The number of sulfonamides is 1. The van der Waals surface area contributed by atoms with Gasteiger partial charge in [-0.05, 0) is 68.7 Å². The molecule has 0 radical (unpaired) electrons. The molecule has 1 N–H and O–H groups in total. The van der Waals surface area contributed by atoms with E-state index >= 15 is 0 Å². The second-order valence-corrected chi connectivity index (χ2v) is 11.7. The zero-order chi connectivity index (χ0) is 29.3. The third-order valence-electron chi connectivity index (χ3n) is 6.69. The molecule has 0 aliphatic heterocycles. The van der Waals surface area contributed by atoms with Crippen molar-refractivity contribution in [2.75, 3.05) is 17.4 Å². The Balaban J connectivity index is 2.02. The Bertz CT molecular complexity index is 1380. The Morgan fingerprint density at radius 1 is 0.875 bits per heavy atom. The Morgan fingerprint density at radius 3 is 2.00 bits per heavy atom. The van der Waals surface area contributed by atoms with E-state index in [4.69, 9.17) is 0 Å². The standard InChI is InChI=1S/C31H38FN3O4S/c1-5-7-20-33-31(37)29(6-2)34(21-25-12-14-26(32)15-13-25)30(36)22-35(27-16-8-23(3)9-17-27)40(38,39)28-18-10-24(4)11-19-28/h8-19,29H,5-7,20-22H2,1-4H3,(H,33,37)/t29-/m0/s1. The second kappa shape index (κ2) is 14.1. The molecule has 214 valence electrons. The lowest BCUT2D eigenvalue weighted by molar-refractivity contribution is -0.140. The summed E-state index contributed by atoms with van der Waals surface area (Å²) >= 11 is 0. The molecule has 0 unspecified atom stereocenters. The number of aryl methyl sites for hydroxylation is 2. The van der Waals surface area contributed by atoms with Gasteiger partial charge in [0.1, 0.15) is 18.4 Å². The van der Waals surface area contributed by atoms with Gasteiger partial charge in [0.15, 0.2) is 0 Å². The van der Waals surface area contributed by atoms with Crippen LogP contribution in [0, 0.1) is 19.7 Å². The molecule has 0 aliphatic rings. The number of carbonyl (C=O) groups excluding carboxylic acids is 2. The third-order valence-corrected chi connectivity index (χ3v) is 8.48. The molecular weight excluding hydrogens is 529 g/mol. The number of benzene rings is 3. The van der Waals surface area contributed by atoms with Crippen LogP contribution < -0.4 is 9.62 Å². The Labute approximate surface area is 237 Å². The van der Waals surface area contributed by atoms with Gasteiger partial charge in [0, 0.05) is 13.1 Å². The van der Waals surface area contributed by atoms with Gasteiger partial charge in [0.25, 0.3) is 10.0 Å². The Kier molecular flexibility index (Phi) is 10.8. The summed E-state index contributed by atoms with van der Waals surface area (Å²) in [5.74, 6) is -1.27. The van der Waals surface area contributed by atoms with Gasteiger partial charge in [-0.3, -0.25) is 13.9 Å². The van der Waals surface area contributed by atoms with Crippen LogP contribution in [-0.4, -0.2) is 44.3 Å². The zero-order valence-electron chi connectivity index (χ0n) is 23.6. The summed E-state index contributed by atoms with van der Waals surface area (Å²) in [7, 11) is -4.13. The average Bonchev–Trinajstić information content (AvgIpc) is 2.93. The summed E-state index contributed by atoms with van der Waals surface area (Å²) in [6, 6.07) is 18.2. The van der Waals surface area contributed by atoms with Crippen molar-refractivity contribution in [3.05, 3.63) is 95.3 Å². The van der Waals surface area contributed by atoms with Gasteiger partial charge < -0.3 is 10.2 Å². The summed E-state index contributed by atoms with van der Waals surface area (Å²) in [5, 5.41) is 2.89. The first-order valence-corrected chi connectivity index (χ1v) is 15.0. The summed E-state index contributed by atoms with van der Waals surface area (Å²) in [4.78, 5) is 28.6. The number of amides is 2. The maximum atomic E-state index is 14.0. The summed E-state index contributed by atoms with van der Waals surface area (Å²) in [6.45, 7) is 7.55. The number of anilines is 1. The van der Waals surface area contributed by atoms with Gasteiger partial charge in [-0.25, -0.2) is 12.8 Å². The maximum Gasteiger partial charge on any atom is 0.264 e. The molecule has 40 heavy (non-hydrogen) atoms. The number of hydrogen-bond acceptors (Lipinski definition) is 4. The van der Waals surface area contributed by atoms with Crippen molar-refractivity contribution in [3.8, 4) is 0 Å². The molecule has 3 aromatic carbocycles. The summed E-state index contributed by atoms with van der Waals surface area (Å²) < 4.78 is 42.4. The van der Waals surface area contributed by atoms with E-state index in [2.05, 4.69) is 5.32 Å². The third kappa shape index (κ3) is 7.91. The smallest absolute Gasteiger partial charge is 0.264 e. The molecule has 0 heterocycles. The van der Waals surface area contributed by atoms with Crippen molar-refractivity contribution in [2.24, 2.45) is 0 Å². The topological polar surface area (TPSA) is 86.8 Å². The molecule has 9 heteroatoms. The van der Waals surface area contributed by atoms with E-state index in [1.807, 2.05) is 20.8 Å².